The Morgan fingerprint density at radius 2 is 2.13 bits per heavy atom. The monoisotopic (exact) mass is 435 g/mol. The van der Waals surface area contributed by atoms with Gasteiger partial charge in [0.2, 0.25) is 0 Å². The van der Waals surface area contributed by atoms with E-state index in [9.17, 15) is 8.78 Å². The number of ether oxygens (including phenoxy) is 1. The molecule has 0 spiro atoms. The maximum atomic E-state index is 13.7. The Balaban J connectivity index is 1.56. The van der Waals surface area contributed by atoms with E-state index in [2.05, 4.69) is 37.6 Å². The van der Waals surface area contributed by atoms with Crippen molar-refractivity contribution < 1.29 is 13.5 Å². The van der Waals surface area contributed by atoms with Crippen molar-refractivity contribution in [3.8, 4) is 5.75 Å². The highest BCUT2D eigenvalue weighted by Crippen LogP contribution is 2.17. The van der Waals surface area contributed by atoms with Crippen LogP contribution in [0.15, 0.2) is 23.2 Å². The number of aliphatic imine (C=N–C) groups is 1. The average molecular weight is 436 g/mol. The van der Waals surface area contributed by atoms with Crippen LogP contribution in [-0.2, 0) is 13.6 Å². The van der Waals surface area contributed by atoms with Gasteiger partial charge >= 0.3 is 0 Å². The molecule has 0 radical (unpaired) electrons. The molecular formula is C21H31F2N7O. The van der Waals surface area contributed by atoms with Gasteiger partial charge in [0, 0.05) is 25.7 Å². The number of rotatable bonds is 9. The second-order valence-corrected chi connectivity index (χ2v) is 7.54. The summed E-state index contributed by atoms with van der Waals surface area (Å²) in [5.41, 5.74) is 0. The van der Waals surface area contributed by atoms with Crippen molar-refractivity contribution in [1.29, 1.82) is 0 Å². The molecule has 1 aliphatic heterocycles. The first-order valence-electron chi connectivity index (χ1n) is 10.7. The minimum atomic E-state index is -0.717. The van der Waals surface area contributed by atoms with Gasteiger partial charge < -0.3 is 19.9 Å². The second kappa shape index (κ2) is 11.0. The van der Waals surface area contributed by atoms with E-state index in [1.165, 1.54) is 18.6 Å². The highest BCUT2D eigenvalue weighted by Gasteiger charge is 2.22. The van der Waals surface area contributed by atoms with Crippen molar-refractivity contribution in [3.63, 3.8) is 0 Å². The highest BCUT2D eigenvalue weighted by atomic mass is 19.1. The van der Waals surface area contributed by atoms with E-state index >= 15 is 0 Å². The normalized spacial score (nSPS) is 17.2. The third-order valence-electron chi connectivity index (χ3n) is 5.52. The molecule has 10 heteroatoms. The van der Waals surface area contributed by atoms with Crippen molar-refractivity contribution in [2.45, 2.75) is 39.3 Å². The molecule has 1 unspecified atom stereocenters. The lowest BCUT2D eigenvalue weighted by atomic mass is 10.2. The molecule has 8 nitrogen and oxygen atoms in total. The quantitative estimate of drug-likeness (QED) is 0.356. The van der Waals surface area contributed by atoms with Crippen molar-refractivity contribution >= 4 is 5.96 Å². The molecule has 1 aromatic carbocycles. The number of aromatic nitrogens is 3. The van der Waals surface area contributed by atoms with Gasteiger partial charge in [0.15, 0.2) is 23.4 Å². The van der Waals surface area contributed by atoms with E-state index in [0.29, 0.717) is 25.1 Å². The number of likely N-dealkylation sites (N-methyl/N-ethyl adjacent to an activating group) is 1. The summed E-state index contributed by atoms with van der Waals surface area (Å²) >= 11 is 0. The van der Waals surface area contributed by atoms with Crippen LogP contribution in [0.4, 0.5) is 8.78 Å². The number of benzene rings is 1. The fourth-order valence-electron chi connectivity index (χ4n) is 3.59. The van der Waals surface area contributed by atoms with Crippen LogP contribution in [0, 0.1) is 18.6 Å². The van der Waals surface area contributed by atoms with Crippen LogP contribution in [0.2, 0.25) is 0 Å². The van der Waals surface area contributed by atoms with E-state index in [4.69, 9.17) is 4.74 Å². The summed E-state index contributed by atoms with van der Waals surface area (Å²) < 4.78 is 34.0. The van der Waals surface area contributed by atoms with Crippen molar-refractivity contribution in [2.24, 2.45) is 12.0 Å². The Hall–Kier alpha value is -2.75. The molecule has 0 saturated carbocycles. The van der Waals surface area contributed by atoms with Crippen LogP contribution < -0.4 is 15.4 Å². The van der Waals surface area contributed by atoms with Crippen LogP contribution in [0.3, 0.4) is 0 Å². The molecule has 2 N–H and O–H groups in total. The van der Waals surface area contributed by atoms with E-state index in [1.807, 2.05) is 18.5 Å². The minimum absolute atomic E-state index is 0.0220. The van der Waals surface area contributed by atoms with Gasteiger partial charge in [-0.15, -0.1) is 10.2 Å². The first-order chi connectivity index (χ1) is 15.0. The fraction of sp³-hybridized carbons (Fsp3) is 0.571. The Labute approximate surface area is 181 Å². The highest BCUT2D eigenvalue weighted by molar-refractivity contribution is 5.79. The number of halogens is 2. The average Bonchev–Trinajstić information content (AvgIpc) is 3.34. The van der Waals surface area contributed by atoms with Crippen molar-refractivity contribution in [1.82, 2.24) is 30.3 Å². The summed E-state index contributed by atoms with van der Waals surface area (Å²) in [6.07, 6.45) is 2.36. The van der Waals surface area contributed by atoms with Crippen LogP contribution in [0.25, 0.3) is 0 Å². The molecule has 3 rings (SSSR count). The Kier molecular flexibility index (Phi) is 8.16. The zero-order chi connectivity index (χ0) is 22.2. The van der Waals surface area contributed by atoms with E-state index in [-0.39, 0.29) is 12.4 Å². The third-order valence-corrected chi connectivity index (χ3v) is 5.52. The predicted octanol–water partition coefficient (Wildman–Crippen LogP) is 2.00. The van der Waals surface area contributed by atoms with E-state index < -0.39 is 11.6 Å². The topological polar surface area (TPSA) is 79.6 Å². The zero-order valence-electron chi connectivity index (χ0n) is 18.4. The number of nitrogens with zero attached hydrogens (tertiary/aromatic N) is 5. The summed E-state index contributed by atoms with van der Waals surface area (Å²) in [4.78, 5) is 7.08. The molecule has 1 aromatic heterocycles. The summed E-state index contributed by atoms with van der Waals surface area (Å²) in [5, 5.41) is 14.8. The lowest BCUT2D eigenvalue weighted by molar-refractivity contribution is 0.266. The number of hydrogen-bond acceptors (Lipinski definition) is 5. The Morgan fingerprint density at radius 3 is 2.84 bits per heavy atom. The standard InChI is InChI=1S/C21H31F2N7O/c1-4-30-10-5-6-17(30)13-25-21(26-14-20-28-27-15(2)29(20)3)24-9-11-31-19-8-7-16(22)12-18(19)23/h7-8,12,17H,4-6,9-11,13-14H2,1-3H3,(H2,24,25,26). The lowest BCUT2D eigenvalue weighted by Gasteiger charge is -2.24. The fourth-order valence-corrected chi connectivity index (χ4v) is 3.59. The van der Waals surface area contributed by atoms with Gasteiger partial charge in [0.1, 0.15) is 24.8 Å². The van der Waals surface area contributed by atoms with Gasteiger partial charge in [-0.25, -0.2) is 13.8 Å². The van der Waals surface area contributed by atoms with E-state index in [0.717, 1.165) is 43.8 Å². The van der Waals surface area contributed by atoms with Gasteiger partial charge in [-0.05, 0) is 45.0 Å². The smallest absolute Gasteiger partial charge is 0.191 e. The molecule has 0 amide bonds. The number of hydrogen-bond donors (Lipinski definition) is 2. The molecule has 31 heavy (non-hydrogen) atoms. The second-order valence-electron chi connectivity index (χ2n) is 7.54. The van der Waals surface area contributed by atoms with Crippen molar-refractivity contribution in [3.05, 3.63) is 41.5 Å². The molecule has 1 aliphatic rings. The predicted molar refractivity (Wildman–Crippen MR) is 115 cm³/mol. The molecule has 1 atom stereocenters. The van der Waals surface area contributed by atoms with Crippen LogP contribution >= 0.6 is 0 Å². The number of aryl methyl sites for hydroxylation is 1. The minimum Gasteiger partial charge on any atom is -0.489 e. The van der Waals surface area contributed by atoms with Gasteiger partial charge in [-0.1, -0.05) is 6.92 Å². The van der Waals surface area contributed by atoms with Gasteiger partial charge in [0.25, 0.3) is 0 Å². The van der Waals surface area contributed by atoms with E-state index in [1.54, 1.807) is 0 Å². The van der Waals surface area contributed by atoms with Gasteiger partial charge in [0.05, 0.1) is 6.54 Å². The first-order valence-corrected chi connectivity index (χ1v) is 10.7. The van der Waals surface area contributed by atoms with Crippen LogP contribution in [0.1, 0.15) is 31.4 Å². The van der Waals surface area contributed by atoms with Crippen molar-refractivity contribution in [2.75, 3.05) is 32.8 Å². The summed E-state index contributed by atoms with van der Waals surface area (Å²) in [6, 6.07) is 3.73. The first kappa shape index (κ1) is 22.9. The Morgan fingerprint density at radius 1 is 1.29 bits per heavy atom. The molecule has 2 aromatic rings. The van der Waals surface area contributed by atoms with Crippen LogP contribution in [0.5, 0.6) is 5.75 Å². The molecule has 0 aliphatic carbocycles. The number of guanidine groups is 1. The lowest BCUT2D eigenvalue weighted by Crippen LogP contribution is -2.45. The Bertz CT molecular complexity index is 887. The molecule has 2 heterocycles. The molecule has 170 valence electrons. The zero-order valence-corrected chi connectivity index (χ0v) is 18.4. The van der Waals surface area contributed by atoms with Gasteiger partial charge in [-0.3, -0.25) is 4.90 Å². The van der Waals surface area contributed by atoms with Crippen LogP contribution in [-0.4, -0.2) is 64.5 Å². The molecule has 1 fully saturated rings. The SMILES string of the molecule is CCN1CCCC1CNC(=NCc1nnc(C)n1C)NCCOc1ccc(F)cc1F. The number of nitrogens with one attached hydrogen (secondary N) is 2. The number of likely N-dealkylation sites (tertiary alicyclic amines) is 1. The maximum absolute atomic E-state index is 13.7. The molecule has 1 saturated heterocycles. The summed E-state index contributed by atoms with van der Waals surface area (Å²) in [6.45, 7) is 7.99. The molecular weight excluding hydrogens is 404 g/mol. The van der Waals surface area contributed by atoms with Gasteiger partial charge in [-0.2, -0.15) is 0 Å². The largest absolute Gasteiger partial charge is 0.489 e. The molecule has 0 bridgehead atoms. The summed E-state index contributed by atoms with van der Waals surface area (Å²) in [7, 11) is 1.91. The third kappa shape index (κ3) is 6.36. The maximum Gasteiger partial charge on any atom is 0.191 e. The summed E-state index contributed by atoms with van der Waals surface area (Å²) in [5.74, 6) is 0.894.